The number of carbonyl (C=O) groups excluding carboxylic acids is 1. The van der Waals surface area contributed by atoms with Gasteiger partial charge >= 0.3 is 22.4 Å². The molecular formula is C18H16F8O5S. The molecule has 0 saturated carbocycles. The van der Waals surface area contributed by atoms with E-state index in [1.54, 1.807) is 0 Å². The number of aryl methyl sites for hydroxylation is 1. The first kappa shape index (κ1) is 23.1. The molecule has 3 aliphatic heterocycles. The van der Waals surface area contributed by atoms with Gasteiger partial charge in [-0.25, -0.2) is 4.79 Å². The van der Waals surface area contributed by atoms with Crippen LogP contribution in [0.15, 0.2) is 22.6 Å². The lowest BCUT2D eigenvalue weighted by Gasteiger charge is -2.41. The number of carbonyl (C=O) groups is 1. The van der Waals surface area contributed by atoms with Gasteiger partial charge in [-0.1, -0.05) is 19.4 Å². The molecule has 2 fully saturated rings. The molecule has 0 aromatic heterocycles. The number of hydrogen-bond donors (Lipinski definition) is 0. The lowest BCUT2D eigenvalue weighted by Crippen LogP contribution is -2.42. The Balaban J connectivity index is 1.73. The van der Waals surface area contributed by atoms with Crippen LogP contribution in [0, 0.1) is 6.92 Å². The molecule has 0 spiro atoms. The van der Waals surface area contributed by atoms with Crippen LogP contribution in [-0.4, -0.2) is 49.8 Å². The number of esters is 1. The summed E-state index contributed by atoms with van der Waals surface area (Å²) in [7, 11) is -10.1. The van der Waals surface area contributed by atoms with Crippen LogP contribution >= 0.6 is 10.2 Å². The summed E-state index contributed by atoms with van der Waals surface area (Å²) in [5, 5.41) is 0. The Labute approximate surface area is 176 Å². The smallest absolute Gasteiger partial charge is 0.430 e. The zero-order chi connectivity index (χ0) is 23.8. The van der Waals surface area contributed by atoms with Gasteiger partial charge < -0.3 is 18.9 Å². The summed E-state index contributed by atoms with van der Waals surface area (Å²) < 4.78 is 128. The third kappa shape index (κ3) is 4.27. The average Bonchev–Trinajstić information content (AvgIpc) is 3.23. The molecule has 0 amide bonds. The molecule has 0 N–H and O–H groups in total. The van der Waals surface area contributed by atoms with Gasteiger partial charge in [0.1, 0.15) is 16.7 Å². The number of ether oxygens (including phenoxy) is 4. The minimum atomic E-state index is -10.1. The van der Waals surface area contributed by atoms with Gasteiger partial charge in [-0.2, -0.15) is 13.2 Å². The summed E-state index contributed by atoms with van der Waals surface area (Å²) in [4.78, 5) is 10.2. The van der Waals surface area contributed by atoms with Crippen LogP contribution in [0.25, 0.3) is 6.08 Å². The quantitative estimate of drug-likeness (QED) is 0.411. The summed E-state index contributed by atoms with van der Waals surface area (Å²) in [6.45, 7) is 1.05. The van der Waals surface area contributed by atoms with Crippen molar-refractivity contribution in [2.75, 3.05) is 13.2 Å². The summed E-state index contributed by atoms with van der Waals surface area (Å²) in [6, 6.07) is -0.0308. The zero-order valence-corrected chi connectivity index (χ0v) is 17.0. The van der Waals surface area contributed by atoms with Crippen molar-refractivity contribution in [1.82, 2.24) is 0 Å². The van der Waals surface area contributed by atoms with Crippen LogP contribution in [0.4, 0.5) is 32.6 Å². The highest BCUT2D eigenvalue weighted by Gasteiger charge is 2.66. The van der Waals surface area contributed by atoms with E-state index in [9.17, 15) is 37.4 Å². The first-order valence-electron chi connectivity index (χ1n) is 9.22. The molecule has 14 heteroatoms. The molecule has 32 heavy (non-hydrogen) atoms. The fourth-order valence-corrected chi connectivity index (χ4v) is 4.58. The number of halogens is 8. The van der Waals surface area contributed by atoms with Gasteiger partial charge in [-0.05, 0) is 37.1 Å². The monoisotopic (exact) mass is 496 g/mol. The second kappa shape index (κ2) is 6.50. The first-order chi connectivity index (χ1) is 14.4. The molecule has 4 atom stereocenters. The molecule has 180 valence electrons. The lowest BCUT2D eigenvalue weighted by molar-refractivity contribution is -0.189. The van der Waals surface area contributed by atoms with E-state index in [0.29, 0.717) is 19.1 Å². The van der Waals surface area contributed by atoms with Crippen LogP contribution in [0.2, 0.25) is 0 Å². The lowest BCUT2D eigenvalue weighted by atomic mass is 9.99. The molecule has 4 rings (SSSR count). The molecule has 0 radical (unpaired) electrons. The van der Waals surface area contributed by atoms with Gasteiger partial charge in [0.2, 0.25) is 6.10 Å². The van der Waals surface area contributed by atoms with Crippen LogP contribution in [0.5, 0.6) is 5.75 Å². The van der Waals surface area contributed by atoms with Gasteiger partial charge in [-0.15, -0.1) is 0 Å². The van der Waals surface area contributed by atoms with Crippen molar-refractivity contribution in [1.29, 1.82) is 0 Å². The Morgan fingerprint density at radius 1 is 1.12 bits per heavy atom. The van der Waals surface area contributed by atoms with Crippen molar-refractivity contribution in [3.8, 4) is 5.75 Å². The second-order valence-electron chi connectivity index (χ2n) is 7.71. The number of benzene rings is 1. The Bertz CT molecular complexity index is 1000. The number of rotatable bonds is 3. The van der Waals surface area contributed by atoms with E-state index in [0.717, 1.165) is 6.92 Å². The number of fused-ring (bicyclic) bond motifs is 2. The highest BCUT2D eigenvalue weighted by atomic mass is 32.5. The summed E-state index contributed by atoms with van der Waals surface area (Å²) >= 11 is 0. The Morgan fingerprint density at radius 3 is 2.44 bits per heavy atom. The highest BCUT2D eigenvalue weighted by Crippen LogP contribution is 3.02. The molecule has 4 unspecified atom stereocenters. The first-order valence-corrected chi connectivity index (χ1v) is 11.2. The predicted molar refractivity (Wildman–Crippen MR) is 95.0 cm³/mol. The molecule has 3 heterocycles. The maximum atomic E-state index is 13.6. The normalized spacial score (nSPS) is 29.8. The van der Waals surface area contributed by atoms with E-state index in [2.05, 4.69) is 0 Å². The SMILES string of the molecule is Cc1cc(S(F)(F)(F)(F)F)cc2c1OC(C(F)(F)F)C(C(=O)OC1COC3CCOC31)=C2. The largest absolute Gasteiger partial charge is 0.475 e. The molecule has 0 aliphatic carbocycles. The fourth-order valence-electron chi connectivity index (χ4n) is 3.83. The van der Waals surface area contributed by atoms with Crippen molar-refractivity contribution in [3.05, 3.63) is 28.8 Å². The van der Waals surface area contributed by atoms with Crippen molar-refractivity contribution in [2.45, 2.75) is 48.8 Å². The van der Waals surface area contributed by atoms with Crippen molar-refractivity contribution >= 4 is 22.3 Å². The third-order valence-electron chi connectivity index (χ3n) is 5.26. The summed E-state index contributed by atoms with van der Waals surface area (Å²) in [6.07, 6.45) is -9.21. The van der Waals surface area contributed by atoms with E-state index in [1.807, 2.05) is 0 Å². The van der Waals surface area contributed by atoms with Gasteiger partial charge in [0.05, 0.1) is 18.3 Å². The van der Waals surface area contributed by atoms with Gasteiger partial charge in [0, 0.05) is 12.2 Å². The van der Waals surface area contributed by atoms with Crippen molar-refractivity contribution in [3.63, 3.8) is 0 Å². The molecule has 1 aromatic carbocycles. The molecule has 3 aliphatic rings. The van der Waals surface area contributed by atoms with E-state index in [1.165, 1.54) is 0 Å². The van der Waals surface area contributed by atoms with E-state index in [4.69, 9.17) is 18.9 Å². The van der Waals surface area contributed by atoms with Gasteiger partial charge in [-0.3, -0.25) is 0 Å². The maximum absolute atomic E-state index is 13.6. The molecule has 1 aromatic rings. The minimum Gasteiger partial charge on any atom is -0.475 e. The third-order valence-corrected chi connectivity index (χ3v) is 6.39. The average molecular weight is 496 g/mol. The highest BCUT2D eigenvalue weighted by molar-refractivity contribution is 8.45. The van der Waals surface area contributed by atoms with Crippen LogP contribution in [-0.2, 0) is 19.0 Å². The van der Waals surface area contributed by atoms with Crippen LogP contribution in [0.3, 0.4) is 0 Å². The number of hydrogen-bond acceptors (Lipinski definition) is 5. The van der Waals surface area contributed by atoms with Crippen molar-refractivity contribution in [2.24, 2.45) is 0 Å². The summed E-state index contributed by atoms with van der Waals surface area (Å²) in [5.41, 5.74) is -2.53. The minimum absolute atomic E-state index is 0.0123. The predicted octanol–water partition coefficient (Wildman–Crippen LogP) is 5.46. The van der Waals surface area contributed by atoms with Gasteiger partial charge in [0.15, 0.2) is 6.10 Å². The molecule has 0 bridgehead atoms. The van der Waals surface area contributed by atoms with Crippen LogP contribution in [0.1, 0.15) is 17.5 Å². The Kier molecular flexibility index (Phi) is 4.70. The maximum Gasteiger partial charge on any atom is 0.430 e. The Hall–Kier alpha value is -2.06. The van der Waals surface area contributed by atoms with E-state index in [-0.39, 0.29) is 18.7 Å². The van der Waals surface area contributed by atoms with Crippen molar-refractivity contribution < 1.29 is 56.3 Å². The van der Waals surface area contributed by atoms with E-state index < -0.39 is 74.1 Å². The Morgan fingerprint density at radius 2 is 1.81 bits per heavy atom. The van der Waals surface area contributed by atoms with Crippen LogP contribution < -0.4 is 4.74 Å². The molecule has 5 nitrogen and oxygen atoms in total. The standard InChI is InChI=1S/C18H16F8O5S/c1-8-4-10(32(22,23,24,25)26)5-9-6-11(16(18(19,20)21)31-14(8)9)17(27)30-13-7-29-12-2-3-28-15(12)13/h4-6,12-13,15-16H,2-3,7H2,1H3. The summed E-state index contributed by atoms with van der Waals surface area (Å²) in [5.74, 6) is -2.23. The zero-order valence-electron chi connectivity index (χ0n) is 16.1. The fraction of sp³-hybridized carbons (Fsp3) is 0.500. The van der Waals surface area contributed by atoms with Gasteiger partial charge in [0.25, 0.3) is 0 Å². The molecular weight excluding hydrogens is 480 g/mol. The topological polar surface area (TPSA) is 54.0 Å². The number of alkyl halides is 3. The van der Waals surface area contributed by atoms with E-state index >= 15 is 0 Å². The second-order valence-corrected chi connectivity index (χ2v) is 10.1. The molecule has 2 saturated heterocycles.